The summed E-state index contributed by atoms with van der Waals surface area (Å²) < 4.78 is 14.5. The number of rotatable bonds is 9. The van der Waals surface area contributed by atoms with E-state index in [9.17, 15) is 29.0 Å². The Morgan fingerprint density at radius 1 is 1.17 bits per heavy atom. The van der Waals surface area contributed by atoms with Crippen LogP contribution in [-0.4, -0.2) is 69.4 Å². The van der Waals surface area contributed by atoms with E-state index in [0.29, 0.717) is 25.0 Å². The molecule has 1 fully saturated rings. The highest BCUT2D eigenvalue weighted by Gasteiger charge is 2.24. The van der Waals surface area contributed by atoms with Crippen LogP contribution in [0.4, 0.5) is 9.18 Å². The molecule has 1 aliphatic rings. The van der Waals surface area contributed by atoms with E-state index in [1.807, 2.05) is 0 Å². The molecule has 0 spiro atoms. The highest BCUT2D eigenvalue weighted by Crippen LogP contribution is 2.26. The van der Waals surface area contributed by atoms with Gasteiger partial charge in [-0.25, -0.2) is 9.18 Å². The molecule has 0 bridgehead atoms. The molecule has 0 atom stereocenters. The van der Waals surface area contributed by atoms with E-state index in [1.54, 1.807) is 18.2 Å². The molecule has 0 saturated carbocycles. The Morgan fingerprint density at radius 3 is 2.63 bits per heavy atom. The second-order valence-corrected chi connectivity index (χ2v) is 8.25. The SMILES string of the molecule is O=C(NCCN1CCNC1=O)c1c(O)c2ncc(Cc3ccc(F)cc3)cc2n(CCCO)c1=O. The number of hydrogen-bond acceptors (Lipinski definition) is 6. The number of benzene rings is 1. The van der Waals surface area contributed by atoms with Crippen LogP contribution >= 0.6 is 0 Å². The van der Waals surface area contributed by atoms with Gasteiger partial charge in [0, 0.05) is 45.5 Å². The summed E-state index contributed by atoms with van der Waals surface area (Å²) in [5, 5.41) is 25.4. The Bertz CT molecular complexity index is 1310. The van der Waals surface area contributed by atoms with Crippen molar-refractivity contribution in [1.82, 2.24) is 25.1 Å². The van der Waals surface area contributed by atoms with Gasteiger partial charge in [0.15, 0.2) is 5.75 Å². The molecule has 4 N–H and O–H groups in total. The Balaban J connectivity index is 1.65. The van der Waals surface area contributed by atoms with Crippen LogP contribution in [0.25, 0.3) is 11.0 Å². The molecule has 35 heavy (non-hydrogen) atoms. The van der Waals surface area contributed by atoms with E-state index >= 15 is 0 Å². The minimum absolute atomic E-state index is 0.0782. The van der Waals surface area contributed by atoms with Gasteiger partial charge in [0.25, 0.3) is 11.5 Å². The Labute approximate surface area is 200 Å². The Morgan fingerprint density at radius 2 is 1.94 bits per heavy atom. The van der Waals surface area contributed by atoms with Crippen LogP contribution in [0.3, 0.4) is 0 Å². The van der Waals surface area contributed by atoms with Crippen LogP contribution in [0.2, 0.25) is 0 Å². The van der Waals surface area contributed by atoms with Gasteiger partial charge in [-0.2, -0.15) is 0 Å². The fourth-order valence-electron chi connectivity index (χ4n) is 4.05. The average Bonchev–Trinajstić information content (AvgIpc) is 3.25. The highest BCUT2D eigenvalue weighted by atomic mass is 19.1. The zero-order valence-corrected chi connectivity index (χ0v) is 19.0. The summed E-state index contributed by atoms with van der Waals surface area (Å²) in [6, 6.07) is 7.48. The van der Waals surface area contributed by atoms with Crippen molar-refractivity contribution in [1.29, 1.82) is 0 Å². The van der Waals surface area contributed by atoms with Gasteiger partial charge in [0.05, 0.1) is 5.52 Å². The number of aromatic hydroxyl groups is 1. The molecule has 3 heterocycles. The monoisotopic (exact) mass is 483 g/mol. The molecule has 2 aromatic heterocycles. The summed E-state index contributed by atoms with van der Waals surface area (Å²) in [4.78, 5) is 43.6. The summed E-state index contributed by atoms with van der Waals surface area (Å²) >= 11 is 0. The van der Waals surface area contributed by atoms with Crippen LogP contribution in [0, 0.1) is 5.82 Å². The third-order valence-electron chi connectivity index (χ3n) is 5.84. The lowest BCUT2D eigenvalue weighted by molar-refractivity contribution is 0.0945. The summed E-state index contributed by atoms with van der Waals surface area (Å²) in [5.74, 6) is -1.65. The van der Waals surface area contributed by atoms with Crippen molar-refractivity contribution in [2.75, 3.05) is 32.8 Å². The molecule has 184 valence electrons. The van der Waals surface area contributed by atoms with E-state index in [-0.39, 0.29) is 50.0 Å². The maximum Gasteiger partial charge on any atom is 0.317 e. The predicted octanol–water partition coefficient (Wildman–Crippen LogP) is 0.969. The van der Waals surface area contributed by atoms with Crippen LogP contribution in [-0.2, 0) is 13.0 Å². The Kier molecular flexibility index (Phi) is 7.25. The number of aliphatic hydroxyl groups is 1. The molecule has 3 aromatic rings. The van der Waals surface area contributed by atoms with Crippen molar-refractivity contribution in [3.05, 3.63) is 69.4 Å². The topological polar surface area (TPSA) is 137 Å². The average molecular weight is 484 g/mol. The number of nitrogens with one attached hydrogen (secondary N) is 2. The molecule has 11 heteroatoms. The minimum atomic E-state index is -0.774. The predicted molar refractivity (Wildman–Crippen MR) is 126 cm³/mol. The van der Waals surface area contributed by atoms with Crippen molar-refractivity contribution in [3.8, 4) is 5.75 Å². The molecule has 1 saturated heterocycles. The zero-order chi connectivity index (χ0) is 24.9. The minimum Gasteiger partial charge on any atom is -0.505 e. The van der Waals surface area contributed by atoms with E-state index < -0.39 is 22.8 Å². The molecule has 0 radical (unpaired) electrons. The van der Waals surface area contributed by atoms with Gasteiger partial charge in [-0.1, -0.05) is 12.1 Å². The summed E-state index contributed by atoms with van der Waals surface area (Å²) in [6.45, 7) is 1.36. The smallest absolute Gasteiger partial charge is 0.317 e. The van der Waals surface area contributed by atoms with Crippen molar-refractivity contribution in [3.63, 3.8) is 0 Å². The van der Waals surface area contributed by atoms with Crippen LogP contribution in [0.1, 0.15) is 27.9 Å². The molecular formula is C24H26FN5O5. The lowest BCUT2D eigenvalue weighted by Crippen LogP contribution is -2.39. The van der Waals surface area contributed by atoms with Gasteiger partial charge in [-0.3, -0.25) is 14.6 Å². The normalized spacial score (nSPS) is 13.3. The van der Waals surface area contributed by atoms with Gasteiger partial charge in [0.2, 0.25) is 0 Å². The number of aliphatic hydroxyl groups excluding tert-OH is 1. The van der Waals surface area contributed by atoms with Crippen LogP contribution < -0.4 is 16.2 Å². The first-order chi connectivity index (χ1) is 16.9. The first-order valence-corrected chi connectivity index (χ1v) is 11.3. The van der Waals surface area contributed by atoms with Gasteiger partial charge < -0.3 is 30.3 Å². The van der Waals surface area contributed by atoms with Gasteiger partial charge >= 0.3 is 6.03 Å². The zero-order valence-electron chi connectivity index (χ0n) is 19.0. The number of aromatic nitrogens is 2. The molecule has 0 aliphatic carbocycles. The van der Waals surface area contributed by atoms with Crippen LogP contribution in [0.5, 0.6) is 5.75 Å². The number of aryl methyl sites for hydroxylation is 1. The fraction of sp³-hybridized carbons (Fsp3) is 0.333. The van der Waals surface area contributed by atoms with Gasteiger partial charge in [-0.05, 0) is 42.2 Å². The maximum absolute atomic E-state index is 13.2. The first-order valence-electron chi connectivity index (χ1n) is 11.3. The van der Waals surface area contributed by atoms with E-state index in [0.717, 1.165) is 11.1 Å². The number of halogens is 1. The molecule has 1 aliphatic heterocycles. The maximum atomic E-state index is 13.2. The number of amides is 3. The molecule has 0 unspecified atom stereocenters. The second-order valence-electron chi connectivity index (χ2n) is 8.25. The summed E-state index contributed by atoms with van der Waals surface area (Å²) in [5.41, 5.74) is 0.812. The third kappa shape index (κ3) is 5.24. The molecule has 4 rings (SSSR count). The van der Waals surface area contributed by atoms with Crippen molar-refractivity contribution < 1.29 is 24.2 Å². The summed E-state index contributed by atoms with van der Waals surface area (Å²) in [7, 11) is 0. The number of nitrogens with zero attached hydrogens (tertiary/aromatic N) is 3. The molecular weight excluding hydrogens is 457 g/mol. The Hall–Kier alpha value is -3.99. The number of carbonyl (C=O) groups is 2. The van der Waals surface area contributed by atoms with Gasteiger partial charge in [-0.15, -0.1) is 0 Å². The van der Waals surface area contributed by atoms with Crippen molar-refractivity contribution >= 4 is 23.0 Å². The van der Waals surface area contributed by atoms with E-state index in [4.69, 9.17) is 0 Å². The third-order valence-corrected chi connectivity index (χ3v) is 5.84. The van der Waals surface area contributed by atoms with E-state index in [2.05, 4.69) is 15.6 Å². The number of fused-ring (bicyclic) bond motifs is 1. The lowest BCUT2D eigenvalue weighted by Gasteiger charge is -2.16. The highest BCUT2D eigenvalue weighted by molar-refractivity contribution is 6.01. The lowest BCUT2D eigenvalue weighted by atomic mass is 10.1. The molecule has 3 amide bonds. The number of urea groups is 1. The number of hydrogen-bond donors (Lipinski definition) is 4. The second kappa shape index (κ2) is 10.5. The number of carbonyl (C=O) groups excluding carboxylic acids is 2. The largest absolute Gasteiger partial charge is 0.505 e. The first kappa shape index (κ1) is 24.1. The quantitative estimate of drug-likeness (QED) is 0.358. The molecule has 1 aromatic carbocycles. The van der Waals surface area contributed by atoms with Crippen molar-refractivity contribution in [2.24, 2.45) is 0 Å². The van der Waals surface area contributed by atoms with E-state index in [1.165, 1.54) is 27.8 Å². The standard InChI is InChI=1S/C24H26FN5O5/c25-17-4-2-15(3-5-17)12-16-13-18-20(28-14-16)21(32)19(23(34)30(18)8-1-11-31)22(33)26-6-9-29-10-7-27-24(29)35/h2-5,13-14,31-32H,1,6-12H2,(H,26,33)(H,27,35). The van der Waals surface area contributed by atoms with Crippen molar-refractivity contribution in [2.45, 2.75) is 19.4 Å². The fourth-order valence-corrected chi connectivity index (χ4v) is 4.05. The summed E-state index contributed by atoms with van der Waals surface area (Å²) in [6.07, 6.45) is 2.21. The number of pyridine rings is 2. The van der Waals surface area contributed by atoms with Crippen LogP contribution in [0.15, 0.2) is 41.3 Å². The molecule has 10 nitrogen and oxygen atoms in total. The van der Waals surface area contributed by atoms with Gasteiger partial charge in [0.1, 0.15) is 16.9 Å².